The van der Waals surface area contributed by atoms with E-state index in [9.17, 15) is 15.0 Å². The van der Waals surface area contributed by atoms with E-state index in [-0.39, 0.29) is 23.3 Å². The van der Waals surface area contributed by atoms with Gasteiger partial charge in [-0.2, -0.15) is 0 Å². The number of para-hydroxylation sites is 1. The van der Waals surface area contributed by atoms with Gasteiger partial charge in [-0.25, -0.2) is 0 Å². The van der Waals surface area contributed by atoms with E-state index in [1.807, 2.05) is 32.0 Å². The molecule has 0 saturated heterocycles. The Morgan fingerprint density at radius 3 is 2.42 bits per heavy atom. The number of benzene rings is 2. The molecule has 1 atom stereocenters. The third-order valence-corrected chi connectivity index (χ3v) is 4.20. The van der Waals surface area contributed by atoms with E-state index in [0.29, 0.717) is 12.3 Å². The molecule has 0 aliphatic rings. The first-order valence-electron chi connectivity index (χ1n) is 8.20. The first kappa shape index (κ1) is 17.9. The Labute approximate surface area is 143 Å². The van der Waals surface area contributed by atoms with Gasteiger partial charge in [0, 0.05) is 11.6 Å². The van der Waals surface area contributed by atoms with Gasteiger partial charge in [0.2, 0.25) is 5.91 Å². The van der Waals surface area contributed by atoms with Gasteiger partial charge in [0.05, 0.1) is 0 Å². The maximum Gasteiger partial charge on any atom is 0.227 e. The molecule has 0 radical (unpaired) electrons. The van der Waals surface area contributed by atoms with Crippen LogP contribution in [0.5, 0.6) is 11.5 Å². The Morgan fingerprint density at radius 2 is 1.79 bits per heavy atom. The smallest absolute Gasteiger partial charge is 0.227 e. The summed E-state index contributed by atoms with van der Waals surface area (Å²) in [4.78, 5) is 12.6. The van der Waals surface area contributed by atoms with Crippen LogP contribution in [-0.2, 0) is 11.2 Å². The summed E-state index contributed by atoms with van der Waals surface area (Å²) >= 11 is 0. The maximum atomic E-state index is 12.6. The molecule has 0 saturated carbocycles. The van der Waals surface area contributed by atoms with Gasteiger partial charge in [-0.05, 0) is 48.1 Å². The predicted octanol–water partition coefficient (Wildman–Crippen LogP) is 4.35. The van der Waals surface area contributed by atoms with Crippen LogP contribution in [0.3, 0.4) is 0 Å². The summed E-state index contributed by atoms with van der Waals surface area (Å²) in [5.41, 5.74) is 3.86. The fourth-order valence-electron chi connectivity index (χ4n) is 2.73. The number of rotatable bonds is 5. The number of phenols is 2. The summed E-state index contributed by atoms with van der Waals surface area (Å²) in [5.74, 6) is -0.310. The van der Waals surface area contributed by atoms with Crippen LogP contribution in [0.4, 0.5) is 5.69 Å². The molecule has 2 rings (SSSR count). The number of nitrogens with one attached hydrogen (secondary N) is 1. The van der Waals surface area contributed by atoms with Crippen LogP contribution in [0.15, 0.2) is 36.4 Å². The average Bonchev–Trinajstić information content (AvgIpc) is 2.52. The highest BCUT2D eigenvalue weighted by Crippen LogP contribution is 2.29. The van der Waals surface area contributed by atoms with E-state index < -0.39 is 0 Å². The number of carbonyl (C=O) groups excluding carboxylic acids is 1. The third-order valence-electron chi connectivity index (χ3n) is 4.20. The van der Waals surface area contributed by atoms with Crippen LogP contribution in [-0.4, -0.2) is 16.1 Å². The largest absolute Gasteiger partial charge is 0.504 e. The molecular weight excluding hydrogens is 302 g/mol. The summed E-state index contributed by atoms with van der Waals surface area (Å²) in [5, 5.41) is 22.0. The second kappa shape index (κ2) is 7.39. The number of phenolic OH excluding ortho intramolecular Hbond substituents is 2. The zero-order valence-electron chi connectivity index (χ0n) is 14.6. The summed E-state index contributed by atoms with van der Waals surface area (Å²) in [6.07, 6.45) is 0.489. The quantitative estimate of drug-likeness (QED) is 0.715. The Balaban J connectivity index is 2.13. The number of amides is 1. The van der Waals surface area contributed by atoms with E-state index in [0.717, 1.165) is 22.4 Å². The minimum atomic E-state index is -0.256. The molecule has 24 heavy (non-hydrogen) atoms. The fraction of sp³-hybridized carbons (Fsp3) is 0.350. The Kier molecular flexibility index (Phi) is 5.50. The maximum absolute atomic E-state index is 12.6. The van der Waals surface area contributed by atoms with Gasteiger partial charge < -0.3 is 15.5 Å². The molecule has 1 amide bonds. The van der Waals surface area contributed by atoms with Crippen LogP contribution >= 0.6 is 0 Å². The van der Waals surface area contributed by atoms with Crippen molar-refractivity contribution in [3.63, 3.8) is 0 Å². The van der Waals surface area contributed by atoms with Crippen molar-refractivity contribution in [3.8, 4) is 11.5 Å². The summed E-state index contributed by atoms with van der Waals surface area (Å²) in [6, 6.07) is 10.7. The molecule has 2 aromatic rings. The topological polar surface area (TPSA) is 69.6 Å². The number of hydrogen-bond acceptors (Lipinski definition) is 3. The van der Waals surface area contributed by atoms with Gasteiger partial charge in [-0.3, -0.25) is 4.79 Å². The zero-order chi connectivity index (χ0) is 17.9. The van der Waals surface area contributed by atoms with Gasteiger partial charge in [0.1, 0.15) is 0 Å². The van der Waals surface area contributed by atoms with Crippen molar-refractivity contribution < 1.29 is 15.0 Å². The second-order valence-corrected chi connectivity index (χ2v) is 6.61. The van der Waals surface area contributed by atoms with Gasteiger partial charge in [0.25, 0.3) is 0 Å². The predicted molar refractivity (Wildman–Crippen MR) is 96.5 cm³/mol. The molecule has 0 heterocycles. The highest BCUT2D eigenvalue weighted by Gasteiger charge is 2.18. The van der Waals surface area contributed by atoms with Crippen LogP contribution in [0, 0.1) is 12.8 Å². The summed E-state index contributed by atoms with van der Waals surface area (Å²) in [6.45, 7) is 8.05. The van der Waals surface area contributed by atoms with Crippen molar-refractivity contribution in [2.24, 2.45) is 5.92 Å². The number of aromatic hydroxyl groups is 2. The van der Waals surface area contributed by atoms with Crippen molar-refractivity contribution in [1.29, 1.82) is 0 Å². The lowest BCUT2D eigenvalue weighted by Crippen LogP contribution is -2.23. The summed E-state index contributed by atoms with van der Waals surface area (Å²) < 4.78 is 0. The lowest BCUT2D eigenvalue weighted by atomic mass is 9.96. The second-order valence-electron chi connectivity index (χ2n) is 6.61. The number of anilines is 1. The number of hydrogen-bond donors (Lipinski definition) is 3. The molecule has 0 bridgehead atoms. The van der Waals surface area contributed by atoms with E-state index in [1.54, 1.807) is 6.07 Å². The lowest BCUT2D eigenvalue weighted by molar-refractivity contribution is -0.119. The molecular formula is C20H25NO3. The Bertz CT molecular complexity index is 738. The SMILES string of the molecule is Cc1cccc(C(C)C)c1NC(=O)C(C)Cc1ccc(O)c(O)c1. The van der Waals surface area contributed by atoms with Crippen molar-refractivity contribution >= 4 is 11.6 Å². The van der Waals surface area contributed by atoms with Crippen molar-refractivity contribution in [2.45, 2.75) is 40.0 Å². The molecule has 0 aliphatic carbocycles. The third kappa shape index (κ3) is 4.07. The van der Waals surface area contributed by atoms with Crippen LogP contribution < -0.4 is 5.32 Å². The van der Waals surface area contributed by atoms with Gasteiger partial charge in [0.15, 0.2) is 11.5 Å². The molecule has 3 N–H and O–H groups in total. The molecule has 0 aliphatic heterocycles. The summed E-state index contributed by atoms with van der Waals surface area (Å²) in [7, 11) is 0. The first-order valence-corrected chi connectivity index (χ1v) is 8.20. The minimum absolute atomic E-state index is 0.0567. The molecule has 4 heteroatoms. The van der Waals surface area contributed by atoms with E-state index in [2.05, 4.69) is 19.2 Å². The standard InChI is InChI=1S/C20H25NO3/c1-12(2)16-7-5-6-13(3)19(16)21-20(24)14(4)10-15-8-9-17(22)18(23)11-15/h5-9,11-12,14,22-23H,10H2,1-4H3,(H,21,24). The van der Waals surface area contributed by atoms with Crippen LogP contribution in [0.25, 0.3) is 0 Å². The van der Waals surface area contributed by atoms with Crippen molar-refractivity contribution in [1.82, 2.24) is 0 Å². The molecule has 2 aromatic carbocycles. The lowest BCUT2D eigenvalue weighted by Gasteiger charge is -2.19. The minimum Gasteiger partial charge on any atom is -0.504 e. The molecule has 0 fully saturated rings. The van der Waals surface area contributed by atoms with Gasteiger partial charge in [-0.15, -0.1) is 0 Å². The Hall–Kier alpha value is -2.49. The molecule has 0 aromatic heterocycles. The fourth-order valence-corrected chi connectivity index (χ4v) is 2.73. The van der Waals surface area contributed by atoms with E-state index in [4.69, 9.17) is 0 Å². The molecule has 4 nitrogen and oxygen atoms in total. The van der Waals surface area contributed by atoms with Gasteiger partial charge in [-0.1, -0.05) is 45.0 Å². The molecule has 1 unspecified atom stereocenters. The van der Waals surface area contributed by atoms with Crippen LogP contribution in [0.2, 0.25) is 0 Å². The van der Waals surface area contributed by atoms with E-state index >= 15 is 0 Å². The molecule has 128 valence electrons. The average molecular weight is 327 g/mol. The first-order chi connectivity index (χ1) is 11.3. The van der Waals surface area contributed by atoms with Crippen molar-refractivity contribution in [3.05, 3.63) is 53.1 Å². The monoisotopic (exact) mass is 327 g/mol. The van der Waals surface area contributed by atoms with Crippen LogP contribution in [0.1, 0.15) is 43.4 Å². The molecule has 0 spiro atoms. The Morgan fingerprint density at radius 1 is 1.08 bits per heavy atom. The normalized spacial score (nSPS) is 12.2. The van der Waals surface area contributed by atoms with Gasteiger partial charge >= 0.3 is 0 Å². The van der Waals surface area contributed by atoms with Crippen molar-refractivity contribution in [2.75, 3.05) is 5.32 Å². The van der Waals surface area contributed by atoms with E-state index in [1.165, 1.54) is 12.1 Å². The zero-order valence-corrected chi connectivity index (χ0v) is 14.6. The highest BCUT2D eigenvalue weighted by molar-refractivity contribution is 5.94. The highest BCUT2D eigenvalue weighted by atomic mass is 16.3. The number of aryl methyl sites for hydroxylation is 1. The number of carbonyl (C=O) groups is 1.